The van der Waals surface area contributed by atoms with Crippen LogP contribution in [0.4, 0.5) is 0 Å². The Morgan fingerprint density at radius 1 is 1.04 bits per heavy atom. The van der Waals surface area contributed by atoms with Gasteiger partial charge < -0.3 is 9.47 Å². The van der Waals surface area contributed by atoms with E-state index in [1.807, 2.05) is 30.3 Å². The second-order valence-corrected chi connectivity index (χ2v) is 6.72. The van der Waals surface area contributed by atoms with E-state index in [4.69, 9.17) is 9.47 Å². The van der Waals surface area contributed by atoms with Gasteiger partial charge in [-0.05, 0) is 29.2 Å². The van der Waals surface area contributed by atoms with Crippen molar-refractivity contribution in [1.82, 2.24) is 4.90 Å². The first kappa shape index (κ1) is 17.5. The molecule has 3 rings (SSSR count). The molecule has 2 aromatic rings. The van der Waals surface area contributed by atoms with Crippen LogP contribution >= 0.6 is 0 Å². The fourth-order valence-electron chi connectivity index (χ4n) is 3.33. The van der Waals surface area contributed by atoms with Crippen LogP contribution < -0.4 is 4.74 Å². The maximum atomic E-state index is 12.5. The third-order valence-corrected chi connectivity index (χ3v) is 4.78. The van der Waals surface area contributed by atoms with Crippen LogP contribution in [0, 0.1) is 11.8 Å². The highest BCUT2D eigenvalue weighted by Gasteiger charge is 2.35. The molecule has 1 fully saturated rings. The molecule has 132 valence electrons. The largest absolute Gasteiger partial charge is 0.497 e. The maximum Gasteiger partial charge on any atom is 0.310 e. The van der Waals surface area contributed by atoms with Gasteiger partial charge in [0.05, 0.1) is 13.0 Å². The summed E-state index contributed by atoms with van der Waals surface area (Å²) in [6.07, 6.45) is 0. The Labute approximate surface area is 149 Å². The summed E-state index contributed by atoms with van der Waals surface area (Å²) in [7, 11) is 1.64. The summed E-state index contributed by atoms with van der Waals surface area (Å²) in [5.41, 5.74) is 2.25. The number of carbonyl (C=O) groups excluding carboxylic acids is 1. The summed E-state index contributed by atoms with van der Waals surface area (Å²) in [4.78, 5) is 14.8. The van der Waals surface area contributed by atoms with Crippen LogP contribution in [0.25, 0.3) is 0 Å². The van der Waals surface area contributed by atoms with Crippen LogP contribution in [0.5, 0.6) is 5.75 Å². The van der Waals surface area contributed by atoms with Crippen molar-refractivity contribution in [2.45, 2.75) is 20.1 Å². The molecule has 4 nitrogen and oxygen atoms in total. The van der Waals surface area contributed by atoms with E-state index in [2.05, 4.69) is 36.1 Å². The van der Waals surface area contributed by atoms with E-state index in [-0.39, 0.29) is 11.9 Å². The summed E-state index contributed by atoms with van der Waals surface area (Å²) in [6, 6.07) is 18.0. The molecule has 0 N–H and O–H groups in total. The first-order valence-corrected chi connectivity index (χ1v) is 8.71. The first-order chi connectivity index (χ1) is 12.2. The standard InChI is InChI=1S/C21H25NO3/c1-16-12-22(13-17-6-4-3-5-7-17)14-20(16)21(23)25-15-18-8-10-19(24-2)11-9-18/h3-11,16,20H,12-15H2,1-2H3/t16-,20-/m0/s1. The molecule has 25 heavy (non-hydrogen) atoms. The monoisotopic (exact) mass is 339 g/mol. The van der Waals surface area contributed by atoms with E-state index in [0.717, 1.165) is 30.9 Å². The lowest BCUT2D eigenvalue weighted by Crippen LogP contribution is -2.25. The molecule has 1 heterocycles. The van der Waals surface area contributed by atoms with E-state index in [1.165, 1.54) is 5.56 Å². The van der Waals surface area contributed by atoms with Crippen LogP contribution in [0.1, 0.15) is 18.1 Å². The Balaban J connectivity index is 1.51. The van der Waals surface area contributed by atoms with Gasteiger partial charge in [0.2, 0.25) is 0 Å². The molecule has 1 saturated heterocycles. The minimum atomic E-state index is -0.0983. The highest BCUT2D eigenvalue weighted by molar-refractivity contribution is 5.73. The summed E-state index contributed by atoms with van der Waals surface area (Å²) in [6.45, 7) is 5.01. The van der Waals surface area contributed by atoms with Gasteiger partial charge in [0.25, 0.3) is 0 Å². The van der Waals surface area contributed by atoms with E-state index < -0.39 is 0 Å². The molecule has 0 bridgehead atoms. The van der Waals surface area contributed by atoms with Crippen molar-refractivity contribution in [3.05, 3.63) is 65.7 Å². The minimum Gasteiger partial charge on any atom is -0.497 e. The molecule has 2 aromatic carbocycles. The zero-order valence-electron chi connectivity index (χ0n) is 14.9. The SMILES string of the molecule is COc1ccc(COC(=O)[C@H]2CN(Cc3ccccc3)C[C@@H]2C)cc1. The molecule has 0 radical (unpaired) electrons. The van der Waals surface area contributed by atoms with Crippen LogP contribution in [-0.4, -0.2) is 31.1 Å². The predicted octanol–water partition coefficient (Wildman–Crippen LogP) is 3.51. The number of esters is 1. The molecule has 2 atom stereocenters. The molecule has 0 saturated carbocycles. The minimum absolute atomic E-state index is 0.0537. The smallest absolute Gasteiger partial charge is 0.310 e. The zero-order chi connectivity index (χ0) is 17.6. The van der Waals surface area contributed by atoms with Gasteiger partial charge in [0.15, 0.2) is 0 Å². The Kier molecular flexibility index (Phi) is 5.71. The first-order valence-electron chi connectivity index (χ1n) is 8.71. The number of carbonyl (C=O) groups is 1. The fraction of sp³-hybridized carbons (Fsp3) is 0.381. The average molecular weight is 339 g/mol. The lowest BCUT2D eigenvalue weighted by Gasteiger charge is -2.15. The lowest BCUT2D eigenvalue weighted by molar-refractivity contribution is -0.150. The van der Waals surface area contributed by atoms with Crippen molar-refractivity contribution >= 4 is 5.97 Å². The average Bonchev–Trinajstić information content (AvgIpc) is 3.01. The molecule has 1 aliphatic rings. The Hall–Kier alpha value is -2.33. The number of likely N-dealkylation sites (tertiary alicyclic amines) is 1. The molecular formula is C21H25NO3. The van der Waals surface area contributed by atoms with E-state index in [1.54, 1.807) is 7.11 Å². The predicted molar refractivity (Wildman–Crippen MR) is 97.2 cm³/mol. The number of hydrogen-bond acceptors (Lipinski definition) is 4. The molecule has 0 unspecified atom stereocenters. The highest BCUT2D eigenvalue weighted by atomic mass is 16.5. The van der Waals surface area contributed by atoms with Crippen LogP contribution in [-0.2, 0) is 22.7 Å². The van der Waals surface area contributed by atoms with Crippen molar-refractivity contribution in [1.29, 1.82) is 0 Å². The molecule has 1 aliphatic heterocycles. The fourth-order valence-corrected chi connectivity index (χ4v) is 3.33. The van der Waals surface area contributed by atoms with Crippen molar-refractivity contribution in [3.8, 4) is 5.75 Å². The van der Waals surface area contributed by atoms with Gasteiger partial charge in [-0.3, -0.25) is 9.69 Å². The second kappa shape index (κ2) is 8.17. The van der Waals surface area contributed by atoms with Gasteiger partial charge >= 0.3 is 5.97 Å². The Bertz CT molecular complexity index is 684. The van der Waals surface area contributed by atoms with Gasteiger partial charge in [0.1, 0.15) is 12.4 Å². The van der Waals surface area contributed by atoms with E-state index in [0.29, 0.717) is 12.5 Å². The summed E-state index contributed by atoms with van der Waals surface area (Å²) in [5.74, 6) is 0.962. The molecular weight excluding hydrogens is 314 g/mol. The summed E-state index contributed by atoms with van der Waals surface area (Å²) in [5, 5.41) is 0. The van der Waals surface area contributed by atoms with Crippen molar-refractivity contribution < 1.29 is 14.3 Å². The normalized spacial score (nSPS) is 20.4. The number of methoxy groups -OCH3 is 1. The maximum absolute atomic E-state index is 12.5. The van der Waals surface area contributed by atoms with E-state index in [9.17, 15) is 4.79 Å². The van der Waals surface area contributed by atoms with Gasteiger partial charge in [-0.2, -0.15) is 0 Å². The third-order valence-electron chi connectivity index (χ3n) is 4.78. The van der Waals surface area contributed by atoms with Gasteiger partial charge in [-0.1, -0.05) is 49.4 Å². The van der Waals surface area contributed by atoms with Gasteiger partial charge in [-0.25, -0.2) is 0 Å². The highest BCUT2D eigenvalue weighted by Crippen LogP contribution is 2.26. The molecule has 0 amide bonds. The van der Waals surface area contributed by atoms with Crippen molar-refractivity contribution in [3.63, 3.8) is 0 Å². The molecule has 4 heteroatoms. The molecule has 0 aromatic heterocycles. The number of hydrogen-bond donors (Lipinski definition) is 0. The lowest BCUT2D eigenvalue weighted by atomic mass is 9.99. The molecule has 0 spiro atoms. The number of benzene rings is 2. The Morgan fingerprint density at radius 2 is 1.76 bits per heavy atom. The van der Waals surface area contributed by atoms with Crippen LogP contribution in [0.15, 0.2) is 54.6 Å². The van der Waals surface area contributed by atoms with Gasteiger partial charge in [-0.15, -0.1) is 0 Å². The Morgan fingerprint density at radius 3 is 2.44 bits per heavy atom. The topological polar surface area (TPSA) is 38.8 Å². The zero-order valence-corrected chi connectivity index (χ0v) is 14.9. The summed E-state index contributed by atoms with van der Waals surface area (Å²) < 4.78 is 10.7. The van der Waals surface area contributed by atoms with Crippen molar-refractivity contribution in [2.24, 2.45) is 11.8 Å². The van der Waals surface area contributed by atoms with Crippen LogP contribution in [0.2, 0.25) is 0 Å². The number of ether oxygens (including phenoxy) is 2. The number of nitrogens with zero attached hydrogens (tertiary/aromatic N) is 1. The number of rotatable bonds is 6. The van der Waals surface area contributed by atoms with E-state index >= 15 is 0 Å². The third kappa shape index (κ3) is 4.60. The van der Waals surface area contributed by atoms with Crippen molar-refractivity contribution in [2.75, 3.05) is 20.2 Å². The summed E-state index contributed by atoms with van der Waals surface area (Å²) >= 11 is 0. The molecule has 0 aliphatic carbocycles. The van der Waals surface area contributed by atoms with Gasteiger partial charge in [0, 0.05) is 19.6 Å². The second-order valence-electron chi connectivity index (χ2n) is 6.72. The van der Waals surface area contributed by atoms with Crippen LogP contribution in [0.3, 0.4) is 0 Å². The quantitative estimate of drug-likeness (QED) is 0.755.